The van der Waals surface area contributed by atoms with Gasteiger partial charge >= 0.3 is 0 Å². The van der Waals surface area contributed by atoms with Crippen molar-refractivity contribution < 1.29 is 4.79 Å². The maximum absolute atomic E-state index is 12.1. The average Bonchev–Trinajstić information content (AvgIpc) is 2.29. The van der Waals surface area contributed by atoms with Gasteiger partial charge in [-0.15, -0.1) is 0 Å². The Bertz CT molecular complexity index is 493. The first kappa shape index (κ1) is 11.1. The Morgan fingerprint density at radius 3 is 2.38 bits per heavy atom. The van der Waals surface area contributed by atoms with E-state index < -0.39 is 0 Å². The van der Waals surface area contributed by atoms with Gasteiger partial charge in [-0.3, -0.25) is 4.79 Å². The Kier molecular flexibility index (Phi) is 3.22. The third-order valence-electron chi connectivity index (χ3n) is 2.12. The van der Waals surface area contributed by atoms with E-state index in [-0.39, 0.29) is 10.9 Å². The summed E-state index contributed by atoms with van der Waals surface area (Å²) in [6.07, 6.45) is 1.53. The first-order valence-corrected chi connectivity index (χ1v) is 5.35. The second-order valence-corrected chi connectivity index (χ2v) is 3.92. The smallest absolute Gasteiger partial charge is 0.197 e. The van der Waals surface area contributed by atoms with E-state index in [0.717, 1.165) is 0 Å². The van der Waals surface area contributed by atoms with Crippen LogP contribution >= 0.6 is 23.2 Å². The number of ketones is 1. The third-order valence-corrected chi connectivity index (χ3v) is 2.75. The summed E-state index contributed by atoms with van der Waals surface area (Å²) in [4.78, 5) is 15.9. The van der Waals surface area contributed by atoms with E-state index in [1.54, 1.807) is 36.4 Å². The van der Waals surface area contributed by atoms with Gasteiger partial charge in [0.25, 0.3) is 0 Å². The number of benzene rings is 1. The highest BCUT2D eigenvalue weighted by Crippen LogP contribution is 2.21. The fourth-order valence-electron chi connectivity index (χ4n) is 1.35. The molecule has 0 atom stereocenters. The Morgan fingerprint density at radius 1 is 1.00 bits per heavy atom. The molecule has 80 valence electrons. The van der Waals surface area contributed by atoms with E-state index in [1.165, 1.54) is 6.20 Å². The van der Waals surface area contributed by atoms with Crippen LogP contribution in [0, 0.1) is 0 Å². The molecule has 4 heteroatoms. The van der Waals surface area contributed by atoms with Crippen LogP contribution in [0.3, 0.4) is 0 Å². The molecule has 0 amide bonds. The van der Waals surface area contributed by atoms with E-state index in [9.17, 15) is 4.79 Å². The van der Waals surface area contributed by atoms with Crippen LogP contribution in [0.15, 0.2) is 42.6 Å². The summed E-state index contributed by atoms with van der Waals surface area (Å²) in [5.74, 6) is -0.219. The number of carbonyl (C=O) groups excluding carboxylic acids is 1. The van der Waals surface area contributed by atoms with Gasteiger partial charge in [-0.2, -0.15) is 0 Å². The molecule has 1 aromatic heterocycles. The minimum Gasteiger partial charge on any atom is -0.288 e. The molecule has 2 aromatic rings. The highest BCUT2D eigenvalue weighted by molar-refractivity contribution is 6.37. The van der Waals surface area contributed by atoms with E-state index in [4.69, 9.17) is 23.2 Å². The molecule has 0 aliphatic carbocycles. The molecule has 0 N–H and O–H groups in total. The van der Waals surface area contributed by atoms with Crippen LogP contribution in [-0.4, -0.2) is 10.8 Å². The number of aromatic nitrogens is 1. The number of carbonyl (C=O) groups is 1. The highest BCUT2D eigenvalue weighted by Gasteiger charge is 2.15. The Labute approximate surface area is 103 Å². The molecular formula is C12H7Cl2NO. The molecule has 0 saturated carbocycles. The fraction of sp³-hybridized carbons (Fsp3) is 0. The molecule has 16 heavy (non-hydrogen) atoms. The molecule has 1 aromatic carbocycles. The maximum Gasteiger partial charge on any atom is 0.197 e. The molecule has 2 rings (SSSR count). The minimum absolute atomic E-state index is 0.187. The highest BCUT2D eigenvalue weighted by atomic mass is 35.5. The van der Waals surface area contributed by atoms with E-state index in [0.29, 0.717) is 16.1 Å². The summed E-state index contributed by atoms with van der Waals surface area (Å²) in [7, 11) is 0. The zero-order chi connectivity index (χ0) is 11.5. The monoisotopic (exact) mass is 251 g/mol. The summed E-state index contributed by atoms with van der Waals surface area (Å²) in [6, 6.07) is 10.1. The van der Waals surface area contributed by atoms with Crippen molar-refractivity contribution in [3.8, 4) is 0 Å². The number of hydrogen-bond acceptors (Lipinski definition) is 2. The molecule has 0 radical (unpaired) electrons. The van der Waals surface area contributed by atoms with Crippen molar-refractivity contribution in [3.05, 3.63) is 63.9 Å². The van der Waals surface area contributed by atoms with Crippen LogP contribution in [0.5, 0.6) is 0 Å². The number of halogens is 2. The Morgan fingerprint density at radius 2 is 1.69 bits per heavy atom. The van der Waals surface area contributed by atoms with E-state index in [2.05, 4.69) is 4.98 Å². The lowest BCUT2D eigenvalue weighted by atomic mass is 10.1. The van der Waals surface area contributed by atoms with Crippen molar-refractivity contribution in [3.63, 3.8) is 0 Å². The van der Waals surface area contributed by atoms with Crippen molar-refractivity contribution in [1.29, 1.82) is 0 Å². The third kappa shape index (κ3) is 2.08. The number of hydrogen-bond donors (Lipinski definition) is 0. The van der Waals surface area contributed by atoms with Gasteiger partial charge in [-0.1, -0.05) is 35.3 Å². The van der Waals surface area contributed by atoms with Crippen molar-refractivity contribution in [2.45, 2.75) is 0 Å². The molecular weight excluding hydrogens is 245 g/mol. The quantitative estimate of drug-likeness (QED) is 0.603. The van der Waals surface area contributed by atoms with Crippen molar-refractivity contribution in [1.82, 2.24) is 4.98 Å². The molecule has 0 aliphatic heterocycles. The second kappa shape index (κ2) is 4.64. The van der Waals surface area contributed by atoms with Gasteiger partial charge in [0.1, 0.15) is 5.15 Å². The van der Waals surface area contributed by atoms with Gasteiger partial charge in [0.15, 0.2) is 5.78 Å². The molecule has 2 nitrogen and oxygen atoms in total. The zero-order valence-corrected chi connectivity index (χ0v) is 9.66. The SMILES string of the molecule is O=C(c1ccccc1Cl)c1cccnc1Cl. The standard InChI is InChI=1S/C12H7Cl2NO/c13-10-6-2-1-4-8(10)11(16)9-5-3-7-15-12(9)14/h1-7H. The number of rotatable bonds is 2. The maximum atomic E-state index is 12.1. The topological polar surface area (TPSA) is 30.0 Å². The Hall–Kier alpha value is -1.38. The molecule has 0 unspecified atom stereocenters. The zero-order valence-electron chi connectivity index (χ0n) is 8.15. The van der Waals surface area contributed by atoms with Crippen molar-refractivity contribution in [2.75, 3.05) is 0 Å². The van der Waals surface area contributed by atoms with Gasteiger partial charge in [-0.25, -0.2) is 4.98 Å². The van der Waals surface area contributed by atoms with E-state index >= 15 is 0 Å². The van der Waals surface area contributed by atoms with E-state index in [1.807, 2.05) is 0 Å². The van der Waals surface area contributed by atoms with Gasteiger partial charge in [0.05, 0.1) is 10.6 Å². The normalized spacial score (nSPS) is 10.1. The molecule has 0 bridgehead atoms. The van der Waals surface area contributed by atoms with Gasteiger partial charge < -0.3 is 0 Å². The molecule has 0 spiro atoms. The van der Waals surface area contributed by atoms with Gasteiger partial charge in [0, 0.05) is 11.8 Å². The lowest BCUT2D eigenvalue weighted by Crippen LogP contribution is -2.03. The summed E-state index contributed by atoms with van der Waals surface area (Å²) in [5, 5.41) is 0.597. The van der Waals surface area contributed by atoms with Crippen LogP contribution in [0.1, 0.15) is 15.9 Å². The van der Waals surface area contributed by atoms with Crippen LogP contribution in [0.25, 0.3) is 0 Å². The van der Waals surface area contributed by atoms with Crippen LogP contribution in [0.4, 0.5) is 0 Å². The first-order valence-electron chi connectivity index (χ1n) is 4.60. The molecule has 1 heterocycles. The molecule has 0 fully saturated rings. The summed E-state index contributed by atoms with van der Waals surface area (Å²) in [5.41, 5.74) is 0.788. The molecule has 0 aliphatic rings. The Balaban J connectivity index is 2.48. The summed E-state index contributed by atoms with van der Waals surface area (Å²) in [6.45, 7) is 0. The van der Waals surface area contributed by atoms with Gasteiger partial charge in [0.2, 0.25) is 0 Å². The lowest BCUT2D eigenvalue weighted by molar-refractivity contribution is 0.103. The minimum atomic E-state index is -0.219. The predicted molar refractivity (Wildman–Crippen MR) is 64.1 cm³/mol. The van der Waals surface area contributed by atoms with Crippen molar-refractivity contribution in [2.24, 2.45) is 0 Å². The van der Waals surface area contributed by atoms with Crippen LogP contribution < -0.4 is 0 Å². The summed E-state index contributed by atoms with van der Waals surface area (Å²) < 4.78 is 0. The fourth-order valence-corrected chi connectivity index (χ4v) is 1.77. The van der Waals surface area contributed by atoms with Crippen LogP contribution in [-0.2, 0) is 0 Å². The number of pyridine rings is 1. The molecule has 0 saturated heterocycles. The van der Waals surface area contributed by atoms with Crippen molar-refractivity contribution >= 4 is 29.0 Å². The predicted octanol–water partition coefficient (Wildman–Crippen LogP) is 3.62. The first-order chi connectivity index (χ1) is 7.70. The van der Waals surface area contributed by atoms with Crippen LogP contribution in [0.2, 0.25) is 10.2 Å². The van der Waals surface area contributed by atoms with Gasteiger partial charge in [-0.05, 0) is 24.3 Å². The number of nitrogens with zero attached hydrogens (tertiary/aromatic N) is 1. The average molecular weight is 252 g/mol. The second-order valence-electron chi connectivity index (χ2n) is 3.15. The lowest BCUT2D eigenvalue weighted by Gasteiger charge is -2.04. The largest absolute Gasteiger partial charge is 0.288 e. The summed E-state index contributed by atoms with van der Waals surface area (Å²) >= 11 is 11.8.